The number of rotatable bonds is 14. The lowest BCUT2D eigenvalue weighted by molar-refractivity contribution is -0.118. The molecule has 0 aromatic heterocycles. The maximum Gasteiger partial charge on any atom is 0.146 e. The van der Waals surface area contributed by atoms with Crippen molar-refractivity contribution in [1.29, 1.82) is 0 Å². The Morgan fingerprint density at radius 2 is 1.38 bits per heavy atom. The van der Waals surface area contributed by atoms with E-state index in [0.29, 0.717) is 46.4 Å². The van der Waals surface area contributed by atoms with Crippen molar-refractivity contribution >= 4 is 0 Å². The summed E-state index contributed by atoms with van der Waals surface area (Å²) in [7, 11) is 0. The molecule has 6 nitrogen and oxygen atoms in total. The molecule has 0 amide bonds. The summed E-state index contributed by atoms with van der Waals surface area (Å²) in [5, 5.41) is 0. The van der Waals surface area contributed by atoms with Gasteiger partial charge in [0, 0.05) is 12.0 Å². The molecule has 2 unspecified atom stereocenters. The van der Waals surface area contributed by atoms with E-state index >= 15 is 0 Å². The first-order valence-corrected chi connectivity index (χ1v) is 7.82. The van der Waals surface area contributed by atoms with Crippen LogP contribution in [-0.2, 0) is 28.4 Å². The van der Waals surface area contributed by atoms with Crippen LogP contribution >= 0.6 is 0 Å². The largest absolute Gasteiger partial charge is 0.378 e. The molecule has 2 saturated heterocycles. The van der Waals surface area contributed by atoms with Gasteiger partial charge in [0.25, 0.3) is 0 Å². The predicted octanol–water partition coefficient (Wildman–Crippen LogP) is 1.22. The summed E-state index contributed by atoms with van der Waals surface area (Å²) in [6.45, 7) is 9.79. The second kappa shape index (κ2) is 9.02. The van der Waals surface area contributed by atoms with Crippen LogP contribution in [0.1, 0.15) is 20.3 Å². The van der Waals surface area contributed by atoms with E-state index in [2.05, 4.69) is 6.92 Å². The topological polar surface area (TPSA) is 62.0 Å². The molecule has 0 saturated carbocycles. The van der Waals surface area contributed by atoms with Crippen molar-refractivity contribution in [2.45, 2.75) is 32.5 Å². The Kier molecular flexibility index (Phi) is 7.36. The molecule has 2 heterocycles. The predicted molar refractivity (Wildman–Crippen MR) is 76.3 cm³/mol. The van der Waals surface area contributed by atoms with Crippen molar-refractivity contribution in [3.05, 3.63) is 0 Å². The molecular formula is C15H28O6. The third-order valence-electron chi connectivity index (χ3n) is 3.76. The lowest BCUT2D eigenvalue weighted by atomic mass is 9.88. The van der Waals surface area contributed by atoms with E-state index in [1.165, 1.54) is 0 Å². The Hall–Kier alpha value is -0.240. The fourth-order valence-electron chi connectivity index (χ4n) is 1.97. The fraction of sp³-hybridized carbons (Fsp3) is 1.00. The highest BCUT2D eigenvalue weighted by atomic mass is 16.7. The molecule has 0 radical (unpaired) electrons. The Bertz CT molecular complexity index is 259. The highest BCUT2D eigenvalue weighted by molar-refractivity contribution is 4.79. The van der Waals surface area contributed by atoms with Crippen LogP contribution in [-0.4, -0.2) is 71.9 Å². The van der Waals surface area contributed by atoms with Gasteiger partial charge in [0.2, 0.25) is 0 Å². The van der Waals surface area contributed by atoms with Crippen LogP contribution in [0.3, 0.4) is 0 Å². The highest BCUT2D eigenvalue weighted by Gasteiger charge is 2.33. The molecule has 0 aliphatic carbocycles. The number of epoxide rings is 2. The van der Waals surface area contributed by atoms with Gasteiger partial charge < -0.3 is 28.4 Å². The van der Waals surface area contributed by atoms with E-state index in [9.17, 15) is 0 Å². The van der Waals surface area contributed by atoms with Crippen LogP contribution in [0.5, 0.6) is 0 Å². The Morgan fingerprint density at radius 3 is 1.81 bits per heavy atom. The van der Waals surface area contributed by atoms with Crippen molar-refractivity contribution < 1.29 is 28.4 Å². The normalized spacial score (nSPS) is 26.6. The zero-order valence-corrected chi connectivity index (χ0v) is 13.2. The lowest BCUT2D eigenvalue weighted by Gasteiger charge is -2.32. The van der Waals surface area contributed by atoms with Gasteiger partial charge in [-0.2, -0.15) is 0 Å². The van der Waals surface area contributed by atoms with E-state index in [-0.39, 0.29) is 17.6 Å². The maximum absolute atomic E-state index is 5.79. The number of hydrogen-bond donors (Lipinski definition) is 0. The van der Waals surface area contributed by atoms with Crippen molar-refractivity contribution in [2.24, 2.45) is 5.41 Å². The third-order valence-corrected chi connectivity index (χ3v) is 3.76. The van der Waals surface area contributed by atoms with Gasteiger partial charge in [-0.05, 0) is 13.3 Å². The van der Waals surface area contributed by atoms with Gasteiger partial charge >= 0.3 is 0 Å². The Balaban J connectivity index is 1.71. The second-order valence-electron chi connectivity index (χ2n) is 5.75. The smallest absolute Gasteiger partial charge is 0.146 e. The minimum atomic E-state index is -0.138. The molecule has 2 rings (SSSR count). The summed E-state index contributed by atoms with van der Waals surface area (Å²) >= 11 is 0. The summed E-state index contributed by atoms with van der Waals surface area (Å²) in [6.07, 6.45) is 1.49. The molecule has 2 aliphatic rings. The summed E-state index contributed by atoms with van der Waals surface area (Å²) < 4.78 is 32.8. The molecule has 2 atom stereocenters. The van der Waals surface area contributed by atoms with E-state index in [0.717, 1.165) is 19.6 Å². The van der Waals surface area contributed by atoms with Crippen molar-refractivity contribution in [1.82, 2.24) is 0 Å². The molecule has 2 fully saturated rings. The average Bonchev–Trinajstić information content (AvgIpc) is 3.37. The third kappa shape index (κ3) is 7.04. The Morgan fingerprint density at radius 1 is 0.857 bits per heavy atom. The van der Waals surface area contributed by atoms with Crippen LogP contribution in [0.25, 0.3) is 0 Å². The van der Waals surface area contributed by atoms with Crippen molar-refractivity contribution in [3.8, 4) is 0 Å². The average molecular weight is 304 g/mol. The summed E-state index contributed by atoms with van der Waals surface area (Å²) in [6, 6.07) is 0. The van der Waals surface area contributed by atoms with Gasteiger partial charge in [0.1, 0.15) is 19.0 Å². The highest BCUT2D eigenvalue weighted by Crippen LogP contribution is 2.25. The van der Waals surface area contributed by atoms with E-state index in [1.54, 1.807) is 0 Å². The minimum Gasteiger partial charge on any atom is -0.378 e. The second-order valence-corrected chi connectivity index (χ2v) is 5.75. The van der Waals surface area contributed by atoms with Gasteiger partial charge in [-0.15, -0.1) is 0 Å². The van der Waals surface area contributed by atoms with Crippen LogP contribution in [0.4, 0.5) is 0 Å². The first kappa shape index (κ1) is 17.1. The zero-order chi connectivity index (χ0) is 15.0. The molecule has 2 aliphatic heterocycles. The molecule has 6 heteroatoms. The lowest BCUT2D eigenvalue weighted by Crippen LogP contribution is -2.38. The quantitative estimate of drug-likeness (QED) is 0.273. The molecular weight excluding hydrogens is 276 g/mol. The molecule has 0 bridgehead atoms. The molecule has 0 N–H and O–H groups in total. The van der Waals surface area contributed by atoms with Crippen LogP contribution in [0.15, 0.2) is 0 Å². The summed E-state index contributed by atoms with van der Waals surface area (Å²) in [5.74, 6) is 0. The molecule has 0 spiro atoms. The number of ether oxygens (including phenoxy) is 6. The van der Waals surface area contributed by atoms with Crippen LogP contribution in [0, 0.1) is 5.41 Å². The Labute approximate surface area is 127 Å². The summed E-state index contributed by atoms with van der Waals surface area (Å²) in [4.78, 5) is 0. The first-order chi connectivity index (χ1) is 10.3. The van der Waals surface area contributed by atoms with Crippen LogP contribution in [0.2, 0.25) is 0 Å². The summed E-state index contributed by atoms with van der Waals surface area (Å²) in [5.41, 5.74) is -0.138. The first-order valence-electron chi connectivity index (χ1n) is 7.82. The van der Waals surface area contributed by atoms with Crippen LogP contribution < -0.4 is 0 Å². The van der Waals surface area contributed by atoms with Gasteiger partial charge in [-0.1, -0.05) is 6.92 Å². The molecule has 21 heavy (non-hydrogen) atoms. The molecule has 0 aromatic rings. The van der Waals surface area contributed by atoms with E-state index in [4.69, 9.17) is 28.4 Å². The maximum atomic E-state index is 5.79. The van der Waals surface area contributed by atoms with Gasteiger partial charge in [0.05, 0.1) is 46.2 Å². The van der Waals surface area contributed by atoms with Gasteiger partial charge in [-0.3, -0.25) is 0 Å². The standard InChI is InChI=1S/C15H28O6/c1-3-15(11-19-12-16-4-2,9-17-5-13-7-20-13)10-18-6-14-8-21-14/h13-14H,3-12H2,1-2H3. The zero-order valence-electron chi connectivity index (χ0n) is 13.2. The monoisotopic (exact) mass is 304 g/mol. The molecule has 124 valence electrons. The fourth-order valence-corrected chi connectivity index (χ4v) is 1.97. The van der Waals surface area contributed by atoms with Crippen molar-refractivity contribution in [3.63, 3.8) is 0 Å². The van der Waals surface area contributed by atoms with Crippen molar-refractivity contribution in [2.75, 3.05) is 59.6 Å². The van der Waals surface area contributed by atoms with E-state index < -0.39 is 0 Å². The van der Waals surface area contributed by atoms with E-state index in [1.807, 2.05) is 6.92 Å². The van der Waals surface area contributed by atoms with Gasteiger partial charge in [-0.25, -0.2) is 0 Å². The van der Waals surface area contributed by atoms with Gasteiger partial charge in [0.15, 0.2) is 0 Å². The SMILES string of the molecule is CCOCOCC(CC)(COCC1CO1)COCC1CO1. The minimum absolute atomic E-state index is 0.138. The molecule has 0 aromatic carbocycles. The number of hydrogen-bond acceptors (Lipinski definition) is 6.